The van der Waals surface area contributed by atoms with Crippen LogP contribution in [0.2, 0.25) is 5.02 Å². The monoisotopic (exact) mass is 283 g/mol. The Kier molecular flexibility index (Phi) is 5.39. The van der Waals surface area contributed by atoms with Crippen LogP contribution >= 0.6 is 11.6 Å². The molecule has 0 aliphatic heterocycles. The molecule has 0 heterocycles. The largest absolute Gasteiger partial charge is 0.460 e. The molecule has 0 aromatic heterocycles. The van der Waals surface area contributed by atoms with Gasteiger partial charge in [-0.15, -0.1) is 0 Å². The predicted octanol–water partition coefficient (Wildman–Crippen LogP) is 3.50. The second kappa shape index (κ2) is 6.40. The van der Waals surface area contributed by atoms with Crippen LogP contribution in [-0.4, -0.2) is 17.6 Å². The summed E-state index contributed by atoms with van der Waals surface area (Å²) >= 11 is 6.17. The van der Waals surface area contributed by atoms with Crippen LogP contribution in [0.15, 0.2) is 24.3 Å². The first kappa shape index (κ1) is 16.0. The lowest BCUT2D eigenvalue weighted by molar-refractivity contribution is -0.155. The molecule has 0 bridgehead atoms. The SMILES string of the molecule is CC(N)C(CC(=O)OC(C)(C)C)c1ccccc1Cl. The van der Waals surface area contributed by atoms with Crippen LogP contribution in [-0.2, 0) is 9.53 Å². The molecule has 4 heteroatoms. The molecule has 1 aromatic rings. The summed E-state index contributed by atoms with van der Waals surface area (Å²) in [5.41, 5.74) is 6.39. The Balaban J connectivity index is 2.86. The summed E-state index contributed by atoms with van der Waals surface area (Å²) in [6, 6.07) is 7.29. The van der Waals surface area contributed by atoms with E-state index in [0.29, 0.717) is 5.02 Å². The van der Waals surface area contributed by atoms with Gasteiger partial charge in [0.15, 0.2) is 0 Å². The number of nitrogens with two attached hydrogens (primary N) is 1. The number of halogens is 1. The number of carbonyl (C=O) groups excluding carboxylic acids is 1. The van der Waals surface area contributed by atoms with E-state index in [-0.39, 0.29) is 24.3 Å². The number of ether oxygens (including phenoxy) is 1. The van der Waals surface area contributed by atoms with Crippen molar-refractivity contribution < 1.29 is 9.53 Å². The maximum absolute atomic E-state index is 11.9. The Morgan fingerprint density at radius 2 is 1.95 bits per heavy atom. The standard InChI is InChI=1S/C15H22ClNO2/c1-10(17)12(9-14(18)19-15(2,3)4)11-7-5-6-8-13(11)16/h5-8,10,12H,9,17H2,1-4H3. The minimum Gasteiger partial charge on any atom is -0.460 e. The van der Waals surface area contributed by atoms with Crippen molar-refractivity contribution in [3.63, 3.8) is 0 Å². The normalized spacial score (nSPS) is 14.8. The van der Waals surface area contributed by atoms with Crippen LogP contribution < -0.4 is 5.73 Å². The summed E-state index contributed by atoms with van der Waals surface area (Å²) in [6.07, 6.45) is 0.235. The van der Waals surface area contributed by atoms with Crippen LogP contribution in [0.3, 0.4) is 0 Å². The topological polar surface area (TPSA) is 52.3 Å². The molecule has 106 valence electrons. The van der Waals surface area contributed by atoms with E-state index in [1.54, 1.807) is 6.07 Å². The third kappa shape index (κ3) is 5.21. The summed E-state index contributed by atoms with van der Waals surface area (Å²) in [6.45, 7) is 7.42. The van der Waals surface area contributed by atoms with Crippen molar-refractivity contribution in [1.29, 1.82) is 0 Å². The molecule has 2 atom stereocenters. The van der Waals surface area contributed by atoms with Gasteiger partial charge in [0.1, 0.15) is 5.60 Å². The molecule has 2 N–H and O–H groups in total. The van der Waals surface area contributed by atoms with Crippen molar-refractivity contribution >= 4 is 17.6 Å². The molecule has 0 radical (unpaired) electrons. The molecule has 0 fully saturated rings. The van der Waals surface area contributed by atoms with Crippen molar-refractivity contribution in [2.75, 3.05) is 0 Å². The molecule has 1 rings (SSSR count). The number of hydrogen-bond donors (Lipinski definition) is 1. The van der Waals surface area contributed by atoms with Crippen molar-refractivity contribution in [2.24, 2.45) is 5.73 Å². The third-order valence-corrected chi connectivity index (χ3v) is 3.09. The van der Waals surface area contributed by atoms with E-state index in [0.717, 1.165) is 5.56 Å². The van der Waals surface area contributed by atoms with E-state index >= 15 is 0 Å². The highest BCUT2D eigenvalue weighted by Crippen LogP contribution is 2.29. The molecule has 0 amide bonds. The van der Waals surface area contributed by atoms with Crippen molar-refractivity contribution in [3.05, 3.63) is 34.9 Å². The van der Waals surface area contributed by atoms with Gasteiger partial charge >= 0.3 is 5.97 Å². The van der Waals surface area contributed by atoms with Crippen LogP contribution in [0.25, 0.3) is 0 Å². The molecule has 0 aliphatic carbocycles. The van der Waals surface area contributed by atoms with Gasteiger partial charge < -0.3 is 10.5 Å². The van der Waals surface area contributed by atoms with Crippen LogP contribution in [0.1, 0.15) is 45.6 Å². The van der Waals surface area contributed by atoms with Gasteiger partial charge in [-0.05, 0) is 39.3 Å². The summed E-state index contributed by atoms with van der Waals surface area (Å²) in [5, 5.41) is 0.633. The minimum absolute atomic E-state index is 0.136. The van der Waals surface area contributed by atoms with E-state index < -0.39 is 5.60 Å². The number of esters is 1. The molecule has 0 aliphatic rings. The smallest absolute Gasteiger partial charge is 0.306 e. The Morgan fingerprint density at radius 1 is 1.37 bits per heavy atom. The highest BCUT2D eigenvalue weighted by atomic mass is 35.5. The average Bonchev–Trinajstić information content (AvgIpc) is 2.24. The lowest BCUT2D eigenvalue weighted by atomic mass is 9.90. The van der Waals surface area contributed by atoms with Gasteiger partial charge in [-0.3, -0.25) is 4.79 Å². The Morgan fingerprint density at radius 3 is 2.42 bits per heavy atom. The maximum Gasteiger partial charge on any atom is 0.306 e. The zero-order valence-electron chi connectivity index (χ0n) is 11.9. The molecule has 0 spiro atoms. The minimum atomic E-state index is -0.486. The highest BCUT2D eigenvalue weighted by molar-refractivity contribution is 6.31. The van der Waals surface area contributed by atoms with Crippen LogP contribution in [0.5, 0.6) is 0 Å². The summed E-state index contributed by atoms with van der Waals surface area (Å²) in [5.74, 6) is -0.390. The van der Waals surface area contributed by atoms with Gasteiger partial charge in [0.05, 0.1) is 6.42 Å². The highest BCUT2D eigenvalue weighted by Gasteiger charge is 2.25. The van der Waals surface area contributed by atoms with Gasteiger partial charge in [-0.2, -0.15) is 0 Å². The molecule has 3 nitrogen and oxygen atoms in total. The predicted molar refractivity (Wildman–Crippen MR) is 78.3 cm³/mol. The molecule has 19 heavy (non-hydrogen) atoms. The molecular formula is C15H22ClNO2. The fourth-order valence-electron chi connectivity index (χ4n) is 1.92. The first-order valence-corrected chi connectivity index (χ1v) is 6.80. The van der Waals surface area contributed by atoms with E-state index in [2.05, 4.69) is 0 Å². The molecule has 0 saturated heterocycles. The second-order valence-electron chi connectivity index (χ2n) is 5.78. The lowest BCUT2D eigenvalue weighted by Gasteiger charge is -2.25. The first-order valence-electron chi connectivity index (χ1n) is 6.42. The zero-order chi connectivity index (χ0) is 14.6. The van der Waals surface area contributed by atoms with Gasteiger partial charge in [0, 0.05) is 17.0 Å². The number of carbonyl (C=O) groups is 1. The van der Waals surface area contributed by atoms with Crippen LogP contribution in [0, 0.1) is 0 Å². The van der Waals surface area contributed by atoms with Gasteiger partial charge in [-0.1, -0.05) is 29.8 Å². The summed E-state index contributed by atoms with van der Waals surface area (Å²) < 4.78 is 5.34. The van der Waals surface area contributed by atoms with Crippen molar-refractivity contribution in [2.45, 2.75) is 51.7 Å². The van der Waals surface area contributed by atoms with E-state index in [1.165, 1.54) is 0 Å². The van der Waals surface area contributed by atoms with Crippen molar-refractivity contribution in [1.82, 2.24) is 0 Å². The van der Waals surface area contributed by atoms with Crippen molar-refractivity contribution in [3.8, 4) is 0 Å². The third-order valence-electron chi connectivity index (χ3n) is 2.75. The number of hydrogen-bond acceptors (Lipinski definition) is 3. The zero-order valence-corrected chi connectivity index (χ0v) is 12.7. The summed E-state index contributed by atoms with van der Waals surface area (Å²) in [7, 11) is 0. The van der Waals surface area contributed by atoms with E-state index in [1.807, 2.05) is 45.9 Å². The Bertz CT molecular complexity index is 438. The van der Waals surface area contributed by atoms with E-state index in [4.69, 9.17) is 22.1 Å². The fraction of sp³-hybridized carbons (Fsp3) is 0.533. The maximum atomic E-state index is 11.9. The fourth-order valence-corrected chi connectivity index (χ4v) is 2.19. The van der Waals surface area contributed by atoms with Gasteiger partial charge in [0.2, 0.25) is 0 Å². The quantitative estimate of drug-likeness (QED) is 0.861. The number of benzene rings is 1. The first-order chi connectivity index (χ1) is 8.70. The molecule has 0 saturated carbocycles. The van der Waals surface area contributed by atoms with Gasteiger partial charge in [0.25, 0.3) is 0 Å². The molecular weight excluding hydrogens is 262 g/mol. The van der Waals surface area contributed by atoms with Crippen LogP contribution in [0.4, 0.5) is 0 Å². The second-order valence-corrected chi connectivity index (χ2v) is 6.18. The Labute approximate surface area is 120 Å². The molecule has 1 aromatic carbocycles. The Hall–Kier alpha value is -1.06. The number of rotatable bonds is 4. The lowest BCUT2D eigenvalue weighted by Crippen LogP contribution is -2.30. The summed E-state index contributed by atoms with van der Waals surface area (Å²) in [4.78, 5) is 11.9. The molecule has 2 unspecified atom stereocenters. The average molecular weight is 284 g/mol. The van der Waals surface area contributed by atoms with E-state index in [9.17, 15) is 4.79 Å². The van der Waals surface area contributed by atoms with Gasteiger partial charge in [-0.25, -0.2) is 0 Å².